The number of carboxylic acids is 1. The number of hydrogen-bond donors (Lipinski definition) is 1. The fraction of sp³-hybridized carbons (Fsp3) is 0.625. The van der Waals surface area contributed by atoms with Crippen molar-refractivity contribution in [2.75, 3.05) is 13.7 Å². The molecule has 0 unspecified atom stereocenters. The highest BCUT2D eigenvalue weighted by molar-refractivity contribution is 5.86. The summed E-state index contributed by atoms with van der Waals surface area (Å²) in [6.07, 6.45) is 0.749. The van der Waals surface area contributed by atoms with Crippen molar-refractivity contribution in [1.82, 2.24) is 0 Å². The van der Waals surface area contributed by atoms with E-state index in [0.29, 0.717) is 6.61 Å². The van der Waals surface area contributed by atoms with Crippen molar-refractivity contribution >= 4 is 5.97 Å². The largest absolute Gasteiger partial charge is 0.478 e. The predicted octanol–water partition coefficient (Wildman–Crippen LogP) is 1.30. The zero-order chi connectivity index (χ0) is 8.85. The summed E-state index contributed by atoms with van der Waals surface area (Å²) in [6, 6.07) is 0. The zero-order valence-electron chi connectivity index (χ0n) is 6.96. The summed E-state index contributed by atoms with van der Waals surface area (Å²) >= 11 is 0. The van der Waals surface area contributed by atoms with Gasteiger partial charge < -0.3 is 9.84 Å². The maximum Gasteiger partial charge on any atom is 0.331 e. The minimum atomic E-state index is -0.936. The van der Waals surface area contributed by atoms with Gasteiger partial charge in [-0.3, -0.25) is 0 Å². The molecule has 0 heterocycles. The average molecular weight is 158 g/mol. The summed E-state index contributed by atoms with van der Waals surface area (Å²) in [5, 5.41) is 8.56. The molecule has 0 aromatic carbocycles. The van der Waals surface area contributed by atoms with Crippen molar-refractivity contribution in [1.29, 1.82) is 0 Å². The quantitative estimate of drug-likeness (QED) is 0.613. The second kappa shape index (κ2) is 4.91. The number of aliphatic carboxylic acids is 1. The molecule has 3 nitrogen and oxygen atoms in total. The van der Waals surface area contributed by atoms with Crippen LogP contribution in [0.5, 0.6) is 0 Å². The zero-order valence-corrected chi connectivity index (χ0v) is 6.96. The lowest BCUT2D eigenvalue weighted by Crippen LogP contribution is -2.15. The number of methoxy groups -OCH3 is 1. The fourth-order valence-corrected chi connectivity index (χ4v) is 0.841. The van der Waals surface area contributed by atoms with E-state index < -0.39 is 5.97 Å². The van der Waals surface area contributed by atoms with Crippen LogP contribution in [0, 0.1) is 5.92 Å². The Morgan fingerprint density at radius 3 is 2.55 bits per heavy atom. The van der Waals surface area contributed by atoms with Crippen LogP contribution in [0.3, 0.4) is 0 Å². The van der Waals surface area contributed by atoms with Crippen molar-refractivity contribution in [2.24, 2.45) is 5.92 Å². The van der Waals surface area contributed by atoms with Crippen LogP contribution in [0.2, 0.25) is 0 Å². The first kappa shape index (κ1) is 10.2. The van der Waals surface area contributed by atoms with Gasteiger partial charge in [-0.05, 0) is 6.42 Å². The lowest BCUT2D eigenvalue weighted by atomic mass is 9.99. The maximum absolute atomic E-state index is 10.4. The van der Waals surface area contributed by atoms with Crippen LogP contribution in [-0.2, 0) is 9.53 Å². The fourth-order valence-electron chi connectivity index (χ4n) is 0.841. The molecule has 0 aromatic rings. The van der Waals surface area contributed by atoms with Crippen molar-refractivity contribution in [3.63, 3.8) is 0 Å². The first-order valence-electron chi connectivity index (χ1n) is 3.54. The summed E-state index contributed by atoms with van der Waals surface area (Å²) in [6.45, 7) is 5.81. The van der Waals surface area contributed by atoms with Crippen LogP contribution in [0.15, 0.2) is 12.2 Å². The SMILES string of the molecule is C=C(C(=O)O)[C@H](CC)COC. The lowest BCUT2D eigenvalue weighted by molar-refractivity contribution is -0.133. The number of rotatable bonds is 5. The van der Waals surface area contributed by atoms with Crippen molar-refractivity contribution < 1.29 is 14.6 Å². The third kappa shape index (κ3) is 3.18. The van der Waals surface area contributed by atoms with E-state index in [1.165, 1.54) is 0 Å². The molecule has 0 saturated carbocycles. The standard InChI is InChI=1S/C8H14O3/c1-4-7(5-11-3)6(2)8(9)10/h7H,2,4-5H2,1,3H3,(H,9,10)/t7-/m1/s1. The predicted molar refractivity (Wildman–Crippen MR) is 42.4 cm³/mol. The van der Waals surface area contributed by atoms with Crippen molar-refractivity contribution in [3.8, 4) is 0 Å². The highest BCUT2D eigenvalue weighted by Crippen LogP contribution is 2.13. The van der Waals surface area contributed by atoms with Gasteiger partial charge in [0.05, 0.1) is 6.61 Å². The van der Waals surface area contributed by atoms with E-state index in [1.54, 1.807) is 7.11 Å². The molecule has 11 heavy (non-hydrogen) atoms. The van der Waals surface area contributed by atoms with E-state index in [1.807, 2.05) is 6.92 Å². The molecule has 64 valence electrons. The Morgan fingerprint density at radius 1 is 1.73 bits per heavy atom. The number of carboxylic acid groups (broad SMARTS) is 1. The summed E-state index contributed by atoms with van der Waals surface area (Å²) in [7, 11) is 1.55. The molecular weight excluding hydrogens is 144 g/mol. The molecule has 0 bridgehead atoms. The Morgan fingerprint density at radius 2 is 2.27 bits per heavy atom. The first-order valence-corrected chi connectivity index (χ1v) is 3.54. The third-order valence-corrected chi connectivity index (χ3v) is 1.63. The minimum Gasteiger partial charge on any atom is -0.478 e. The lowest BCUT2D eigenvalue weighted by Gasteiger charge is -2.12. The van der Waals surface area contributed by atoms with E-state index in [9.17, 15) is 4.79 Å². The molecule has 1 N–H and O–H groups in total. The summed E-state index contributed by atoms with van der Waals surface area (Å²) in [5.41, 5.74) is 0.231. The van der Waals surface area contributed by atoms with Crippen LogP contribution in [0.25, 0.3) is 0 Å². The van der Waals surface area contributed by atoms with Crippen LogP contribution in [0.1, 0.15) is 13.3 Å². The number of ether oxygens (including phenoxy) is 1. The number of carbonyl (C=O) groups is 1. The number of hydrogen-bond acceptors (Lipinski definition) is 2. The molecule has 0 saturated heterocycles. The van der Waals surface area contributed by atoms with E-state index in [4.69, 9.17) is 9.84 Å². The minimum absolute atomic E-state index is 0.0579. The molecule has 0 spiro atoms. The van der Waals surface area contributed by atoms with E-state index >= 15 is 0 Å². The highest BCUT2D eigenvalue weighted by Gasteiger charge is 2.15. The summed E-state index contributed by atoms with van der Waals surface area (Å²) in [4.78, 5) is 10.4. The van der Waals surface area contributed by atoms with Gasteiger partial charge in [0.1, 0.15) is 0 Å². The molecule has 0 aliphatic carbocycles. The van der Waals surface area contributed by atoms with Crippen LogP contribution in [0.4, 0.5) is 0 Å². The van der Waals surface area contributed by atoms with Crippen LogP contribution < -0.4 is 0 Å². The van der Waals surface area contributed by atoms with Gasteiger partial charge in [-0.25, -0.2) is 4.79 Å². The van der Waals surface area contributed by atoms with Crippen LogP contribution >= 0.6 is 0 Å². The van der Waals surface area contributed by atoms with E-state index in [0.717, 1.165) is 6.42 Å². The highest BCUT2D eigenvalue weighted by atomic mass is 16.5. The summed E-state index contributed by atoms with van der Waals surface area (Å²) in [5.74, 6) is -0.994. The Hall–Kier alpha value is -0.830. The molecule has 0 aliphatic heterocycles. The Labute approximate surface area is 66.7 Å². The molecule has 1 atom stereocenters. The Balaban J connectivity index is 4.02. The average Bonchev–Trinajstić information content (AvgIpc) is 1.98. The van der Waals surface area contributed by atoms with Gasteiger partial charge in [0.15, 0.2) is 0 Å². The second-order valence-corrected chi connectivity index (χ2v) is 2.39. The molecule has 3 heteroatoms. The smallest absolute Gasteiger partial charge is 0.331 e. The van der Waals surface area contributed by atoms with Gasteiger partial charge in [-0.1, -0.05) is 13.5 Å². The Bertz CT molecular complexity index is 151. The molecule has 0 rings (SSSR count). The molecule has 0 radical (unpaired) electrons. The molecule has 0 amide bonds. The van der Waals surface area contributed by atoms with E-state index in [2.05, 4.69) is 6.58 Å². The molecule has 0 aliphatic rings. The third-order valence-electron chi connectivity index (χ3n) is 1.63. The van der Waals surface area contributed by atoms with Gasteiger partial charge in [0, 0.05) is 18.6 Å². The molecular formula is C8H14O3. The van der Waals surface area contributed by atoms with Gasteiger partial charge in [0.2, 0.25) is 0 Å². The molecule has 0 aromatic heterocycles. The monoisotopic (exact) mass is 158 g/mol. The summed E-state index contributed by atoms with van der Waals surface area (Å²) < 4.78 is 4.84. The van der Waals surface area contributed by atoms with Crippen LogP contribution in [-0.4, -0.2) is 24.8 Å². The van der Waals surface area contributed by atoms with Crippen molar-refractivity contribution in [2.45, 2.75) is 13.3 Å². The Kier molecular flexibility index (Phi) is 4.54. The van der Waals surface area contributed by atoms with Gasteiger partial charge in [-0.15, -0.1) is 0 Å². The van der Waals surface area contributed by atoms with Gasteiger partial charge >= 0.3 is 5.97 Å². The van der Waals surface area contributed by atoms with Gasteiger partial charge in [0.25, 0.3) is 0 Å². The first-order chi connectivity index (χ1) is 5.13. The molecule has 0 fully saturated rings. The van der Waals surface area contributed by atoms with Crippen molar-refractivity contribution in [3.05, 3.63) is 12.2 Å². The van der Waals surface area contributed by atoms with Gasteiger partial charge in [-0.2, -0.15) is 0 Å². The second-order valence-electron chi connectivity index (χ2n) is 2.39. The maximum atomic E-state index is 10.4. The normalized spacial score (nSPS) is 12.5. The topological polar surface area (TPSA) is 46.5 Å². The van der Waals surface area contributed by atoms with E-state index in [-0.39, 0.29) is 11.5 Å².